The summed E-state index contributed by atoms with van der Waals surface area (Å²) in [5.41, 5.74) is 8.46. The van der Waals surface area contributed by atoms with Crippen molar-refractivity contribution in [1.82, 2.24) is 0 Å². The van der Waals surface area contributed by atoms with Crippen LogP contribution in [-0.2, 0) is 33.6 Å². The fraction of sp³-hybridized carbons (Fsp3) is 0.222. The monoisotopic (exact) mass is 465 g/mol. The summed E-state index contributed by atoms with van der Waals surface area (Å²) in [6.07, 6.45) is 2.05. The van der Waals surface area contributed by atoms with Gasteiger partial charge in [-0.1, -0.05) is 91.0 Å². The summed E-state index contributed by atoms with van der Waals surface area (Å²) in [4.78, 5) is 30.7. The van der Waals surface area contributed by atoms with Crippen LogP contribution in [0.5, 0.6) is 0 Å². The lowest BCUT2D eigenvalue weighted by Crippen LogP contribution is -2.32. The molecule has 0 aliphatic rings. The molecule has 0 aromatic heterocycles. The molecule has 0 spiro atoms. The Hall–Kier alpha value is -3.97. The normalized spacial score (nSPS) is 10.5. The van der Waals surface area contributed by atoms with E-state index in [1.807, 2.05) is 91.0 Å². The maximum Gasteiger partial charge on any atom is 0.320 e. The fourth-order valence-electron chi connectivity index (χ4n) is 2.75. The van der Waals surface area contributed by atoms with Crippen molar-refractivity contribution < 1.29 is 29.7 Å². The maximum absolute atomic E-state index is 10.4. The second-order valence-electron chi connectivity index (χ2n) is 7.39. The van der Waals surface area contributed by atoms with Gasteiger partial charge in [-0.15, -0.1) is 0 Å². The van der Waals surface area contributed by atoms with Gasteiger partial charge in [-0.25, -0.2) is 0 Å². The molecular formula is C27H31NO6. The van der Waals surface area contributed by atoms with Crippen LogP contribution >= 0.6 is 0 Å². The van der Waals surface area contributed by atoms with Crippen LogP contribution in [0, 0.1) is 0 Å². The van der Waals surface area contributed by atoms with E-state index in [9.17, 15) is 14.4 Å². The molecule has 180 valence electrons. The molecule has 0 heterocycles. The van der Waals surface area contributed by atoms with E-state index in [0.29, 0.717) is 19.3 Å². The largest absolute Gasteiger partial charge is 0.481 e. The molecule has 5 N–H and O–H groups in total. The third-order valence-electron chi connectivity index (χ3n) is 4.56. The molecule has 3 rings (SSSR count). The van der Waals surface area contributed by atoms with Crippen LogP contribution in [0.15, 0.2) is 91.0 Å². The van der Waals surface area contributed by atoms with E-state index in [1.54, 1.807) is 0 Å². The predicted molar refractivity (Wildman–Crippen MR) is 131 cm³/mol. The van der Waals surface area contributed by atoms with Gasteiger partial charge in [0.15, 0.2) is 0 Å². The zero-order valence-electron chi connectivity index (χ0n) is 18.9. The van der Waals surface area contributed by atoms with Crippen molar-refractivity contribution in [3.8, 4) is 0 Å². The molecule has 0 aliphatic heterocycles. The standard InChI is InChI=1S/C9H11NO2.2C9H10O2/c10-8(9(11)12)6-7-4-2-1-3-5-7;2*10-9(11)7-6-8-4-2-1-3-5-8/h1-5,8H,6,10H2,(H,11,12);2*1-5H,6-7H2,(H,10,11)/t8-;;/m0../s1. The SMILES string of the molecule is N[C@@H](Cc1ccccc1)C(=O)O.O=C(O)CCc1ccccc1.O=C(O)CCc1ccccc1. The number of benzene rings is 3. The Bertz CT molecular complexity index is 924. The number of rotatable bonds is 9. The molecule has 7 heteroatoms. The highest BCUT2D eigenvalue weighted by atomic mass is 16.4. The summed E-state index contributed by atoms with van der Waals surface area (Å²) in [5.74, 6) is -2.44. The summed E-state index contributed by atoms with van der Waals surface area (Å²) < 4.78 is 0. The van der Waals surface area contributed by atoms with Gasteiger partial charge in [0.25, 0.3) is 0 Å². The molecule has 3 aromatic rings. The van der Waals surface area contributed by atoms with Gasteiger partial charge in [-0.2, -0.15) is 0 Å². The lowest BCUT2D eigenvalue weighted by molar-refractivity contribution is -0.139. The second-order valence-corrected chi connectivity index (χ2v) is 7.39. The van der Waals surface area contributed by atoms with E-state index in [0.717, 1.165) is 16.7 Å². The third kappa shape index (κ3) is 14.2. The fourth-order valence-corrected chi connectivity index (χ4v) is 2.75. The van der Waals surface area contributed by atoms with Crippen LogP contribution in [0.4, 0.5) is 0 Å². The van der Waals surface area contributed by atoms with Gasteiger partial charge in [0.1, 0.15) is 6.04 Å². The average molecular weight is 466 g/mol. The predicted octanol–water partition coefficient (Wildman–Crippen LogP) is 4.05. The molecular weight excluding hydrogens is 434 g/mol. The third-order valence-corrected chi connectivity index (χ3v) is 4.56. The van der Waals surface area contributed by atoms with Gasteiger partial charge in [0, 0.05) is 12.8 Å². The van der Waals surface area contributed by atoms with Crippen molar-refractivity contribution in [3.05, 3.63) is 108 Å². The molecule has 0 saturated heterocycles. The molecule has 1 atom stereocenters. The number of carboxylic acid groups (broad SMARTS) is 3. The van der Waals surface area contributed by atoms with Crippen molar-refractivity contribution in [1.29, 1.82) is 0 Å². The molecule has 7 nitrogen and oxygen atoms in total. The van der Waals surface area contributed by atoms with Crippen LogP contribution in [0.1, 0.15) is 29.5 Å². The first-order valence-electron chi connectivity index (χ1n) is 10.8. The van der Waals surface area contributed by atoms with Gasteiger partial charge in [-0.3, -0.25) is 14.4 Å². The Kier molecular flexibility index (Phi) is 13.7. The number of aliphatic carboxylic acids is 3. The Morgan fingerprint density at radius 2 is 0.912 bits per heavy atom. The van der Waals surface area contributed by atoms with Crippen molar-refractivity contribution in [2.75, 3.05) is 0 Å². The number of hydrogen-bond donors (Lipinski definition) is 4. The van der Waals surface area contributed by atoms with Crippen molar-refractivity contribution in [2.45, 2.75) is 38.1 Å². The first kappa shape index (κ1) is 28.1. The van der Waals surface area contributed by atoms with Gasteiger partial charge in [0.05, 0.1) is 0 Å². The smallest absolute Gasteiger partial charge is 0.320 e. The summed E-state index contributed by atoms with van der Waals surface area (Å²) in [6.45, 7) is 0. The molecule has 0 aliphatic carbocycles. The molecule has 0 amide bonds. The van der Waals surface area contributed by atoms with Crippen molar-refractivity contribution in [2.24, 2.45) is 5.73 Å². The highest BCUT2D eigenvalue weighted by Crippen LogP contribution is 2.03. The Balaban J connectivity index is 0.000000255. The number of hydrogen-bond acceptors (Lipinski definition) is 4. The van der Waals surface area contributed by atoms with Gasteiger partial charge >= 0.3 is 17.9 Å². The van der Waals surface area contributed by atoms with Crippen molar-refractivity contribution >= 4 is 17.9 Å². The van der Waals surface area contributed by atoms with Gasteiger partial charge < -0.3 is 21.1 Å². The second kappa shape index (κ2) is 16.6. The van der Waals surface area contributed by atoms with E-state index in [1.165, 1.54) is 0 Å². The number of aryl methyl sites for hydroxylation is 2. The van der Waals surface area contributed by atoms with Crippen LogP contribution in [-0.4, -0.2) is 39.3 Å². The first-order valence-corrected chi connectivity index (χ1v) is 10.8. The summed E-state index contributed by atoms with van der Waals surface area (Å²) in [6, 6.07) is 27.8. The minimum atomic E-state index is -0.959. The van der Waals surface area contributed by atoms with Crippen LogP contribution in [0.2, 0.25) is 0 Å². The summed E-state index contributed by atoms with van der Waals surface area (Å²) in [5, 5.41) is 25.3. The van der Waals surface area contributed by atoms with E-state index in [-0.39, 0.29) is 12.8 Å². The quantitative estimate of drug-likeness (QED) is 0.374. The van der Waals surface area contributed by atoms with E-state index >= 15 is 0 Å². The van der Waals surface area contributed by atoms with Crippen molar-refractivity contribution in [3.63, 3.8) is 0 Å². The zero-order valence-corrected chi connectivity index (χ0v) is 18.9. The lowest BCUT2D eigenvalue weighted by atomic mass is 10.1. The summed E-state index contributed by atoms with van der Waals surface area (Å²) >= 11 is 0. The number of carboxylic acids is 3. The molecule has 34 heavy (non-hydrogen) atoms. The number of carbonyl (C=O) groups is 3. The van der Waals surface area contributed by atoms with E-state index in [2.05, 4.69) is 0 Å². The molecule has 0 unspecified atom stereocenters. The molecule has 0 saturated carbocycles. The summed E-state index contributed by atoms with van der Waals surface area (Å²) in [7, 11) is 0. The molecule has 0 bridgehead atoms. The molecule has 0 radical (unpaired) electrons. The average Bonchev–Trinajstić information content (AvgIpc) is 2.84. The van der Waals surface area contributed by atoms with Crippen LogP contribution in [0.25, 0.3) is 0 Å². The van der Waals surface area contributed by atoms with Gasteiger partial charge in [0.2, 0.25) is 0 Å². The zero-order chi connectivity index (χ0) is 25.2. The number of nitrogens with two attached hydrogens (primary N) is 1. The van der Waals surface area contributed by atoms with Crippen LogP contribution in [0.3, 0.4) is 0 Å². The topological polar surface area (TPSA) is 138 Å². The Morgan fingerprint density at radius 3 is 1.21 bits per heavy atom. The highest BCUT2D eigenvalue weighted by Gasteiger charge is 2.10. The first-order chi connectivity index (χ1) is 16.3. The minimum absolute atomic E-state index is 0.212. The Labute approximate surface area is 199 Å². The Morgan fingerprint density at radius 1 is 0.588 bits per heavy atom. The van der Waals surface area contributed by atoms with Gasteiger partial charge in [-0.05, 0) is 36.0 Å². The maximum atomic E-state index is 10.4. The molecule has 3 aromatic carbocycles. The van der Waals surface area contributed by atoms with E-state index in [4.69, 9.17) is 21.1 Å². The minimum Gasteiger partial charge on any atom is -0.481 e. The van der Waals surface area contributed by atoms with Crippen LogP contribution < -0.4 is 5.73 Å². The van der Waals surface area contributed by atoms with E-state index < -0.39 is 23.9 Å². The lowest BCUT2D eigenvalue weighted by Gasteiger charge is -2.04. The highest BCUT2D eigenvalue weighted by molar-refractivity contribution is 5.73. The molecule has 0 fully saturated rings.